The molecule has 1 atom stereocenters. The molecule has 9 heteroatoms. The molecule has 0 bridgehead atoms. The Morgan fingerprint density at radius 3 is 1.41 bits per heavy atom. The Bertz CT molecular complexity index is 318. The normalized spacial score (nSPS) is 11.1. The summed E-state index contributed by atoms with van der Waals surface area (Å²) in [5.41, 5.74) is 4.84. The SMILES string of the molecule is N[C@@H](CC(=O)O)C(=O)O.O=C(O)/C=C/C(=O)O. The summed E-state index contributed by atoms with van der Waals surface area (Å²) in [6.45, 7) is 0. The summed E-state index contributed by atoms with van der Waals surface area (Å²) in [5.74, 6) is -5.01. The Morgan fingerprint density at radius 2 is 1.29 bits per heavy atom. The van der Waals surface area contributed by atoms with Crippen molar-refractivity contribution in [2.24, 2.45) is 5.73 Å². The van der Waals surface area contributed by atoms with E-state index in [1.54, 1.807) is 0 Å². The molecule has 0 saturated heterocycles. The molecule has 0 saturated carbocycles. The van der Waals surface area contributed by atoms with Crippen molar-refractivity contribution in [3.8, 4) is 0 Å². The molecule has 0 aromatic heterocycles. The average Bonchev–Trinajstić information content (AvgIpc) is 2.14. The van der Waals surface area contributed by atoms with Gasteiger partial charge in [-0.15, -0.1) is 0 Å². The first-order chi connectivity index (χ1) is 7.66. The number of aliphatic carboxylic acids is 4. The van der Waals surface area contributed by atoms with E-state index >= 15 is 0 Å². The summed E-state index contributed by atoms with van der Waals surface area (Å²) in [5, 5.41) is 31.7. The fourth-order valence-electron chi connectivity index (χ4n) is 0.418. The van der Waals surface area contributed by atoms with Crippen molar-refractivity contribution >= 4 is 23.9 Å². The van der Waals surface area contributed by atoms with Crippen LogP contribution in [-0.2, 0) is 19.2 Å². The van der Waals surface area contributed by atoms with E-state index in [1.165, 1.54) is 0 Å². The molecule has 0 aliphatic carbocycles. The average molecular weight is 249 g/mol. The Morgan fingerprint density at radius 1 is 0.941 bits per heavy atom. The fraction of sp³-hybridized carbons (Fsp3) is 0.250. The second kappa shape index (κ2) is 8.85. The molecule has 0 aromatic carbocycles. The van der Waals surface area contributed by atoms with Gasteiger partial charge in [0.25, 0.3) is 0 Å². The topological polar surface area (TPSA) is 175 Å². The van der Waals surface area contributed by atoms with Gasteiger partial charge in [-0.2, -0.15) is 0 Å². The van der Waals surface area contributed by atoms with Crippen LogP contribution in [0.1, 0.15) is 6.42 Å². The van der Waals surface area contributed by atoms with Crippen molar-refractivity contribution in [1.82, 2.24) is 0 Å². The van der Waals surface area contributed by atoms with E-state index in [4.69, 9.17) is 26.2 Å². The molecule has 96 valence electrons. The number of nitrogens with two attached hydrogens (primary N) is 1. The highest BCUT2D eigenvalue weighted by Gasteiger charge is 2.14. The molecule has 0 aliphatic heterocycles. The van der Waals surface area contributed by atoms with Crippen molar-refractivity contribution in [3.05, 3.63) is 12.2 Å². The van der Waals surface area contributed by atoms with Gasteiger partial charge in [0.1, 0.15) is 6.04 Å². The lowest BCUT2D eigenvalue weighted by molar-refractivity contribution is -0.144. The first-order valence-electron chi connectivity index (χ1n) is 4.01. The van der Waals surface area contributed by atoms with Crippen molar-refractivity contribution < 1.29 is 39.6 Å². The second-order valence-electron chi connectivity index (χ2n) is 2.55. The molecule has 0 aliphatic rings. The summed E-state index contributed by atoms with van der Waals surface area (Å²) in [7, 11) is 0. The Balaban J connectivity index is 0. The molecule has 0 unspecified atom stereocenters. The number of rotatable bonds is 5. The van der Waals surface area contributed by atoms with Crippen LogP contribution in [-0.4, -0.2) is 50.3 Å². The standard InChI is InChI=1S/C4H7NO4.C4H4O4/c5-2(4(8)9)1-3(6)7;5-3(6)1-2-4(7)8/h2H,1,5H2,(H,6,7)(H,8,9);1-2H,(H,5,6)(H,7,8)/b;2-1+/t2-;/m0./s1. The third kappa shape index (κ3) is 16.3. The van der Waals surface area contributed by atoms with Crippen molar-refractivity contribution in [3.63, 3.8) is 0 Å². The molecule has 0 aromatic rings. The number of carbonyl (C=O) groups is 4. The quantitative estimate of drug-likeness (QED) is 0.366. The Hall–Kier alpha value is -2.42. The van der Waals surface area contributed by atoms with Crippen molar-refractivity contribution in [2.75, 3.05) is 0 Å². The minimum Gasteiger partial charge on any atom is -0.481 e. The van der Waals surface area contributed by atoms with Gasteiger partial charge in [-0.05, 0) is 0 Å². The van der Waals surface area contributed by atoms with Gasteiger partial charge in [-0.1, -0.05) is 0 Å². The molecular formula is C8H11NO8. The van der Waals surface area contributed by atoms with E-state index in [-0.39, 0.29) is 0 Å². The summed E-state index contributed by atoms with van der Waals surface area (Å²) in [4.78, 5) is 38.7. The van der Waals surface area contributed by atoms with Crippen LogP contribution >= 0.6 is 0 Å². The molecule has 0 rings (SSSR count). The lowest BCUT2D eigenvalue weighted by atomic mass is 10.2. The summed E-state index contributed by atoms with van der Waals surface area (Å²) < 4.78 is 0. The fourth-order valence-corrected chi connectivity index (χ4v) is 0.418. The maximum absolute atomic E-state index is 9.85. The monoisotopic (exact) mass is 249 g/mol. The van der Waals surface area contributed by atoms with Gasteiger partial charge in [0.2, 0.25) is 0 Å². The molecule has 9 nitrogen and oxygen atoms in total. The summed E-state index contributed by atoms with van der Waals surface area (Å²) in [6, 6.07) is -1.29. The number of carboxylic acids is 4. The first kappa shape index (κ1) is 17.0. The Kier molecular flexibility index (Phi) is 8.85. The van der Waals surface area contributed by atoms with Gasteiger partial charge in [0, 0.05) is 12.2 Å². The van der Waals surface area contributed by atoms with Crippen molar-refractivity contribution in [2.45, 2.75) is 12.5 Å². The van der Waals surface area contributed by atoms with E-state index in [0.29, 0.717) is 12.2 Å². The zero-order chi connectivity index (χ0) is 14.0. The lowest BCUT2D eigenvalue weighted by Gasteiger charge is -1.99. The van der Waals surface area contributed by atoms with E-state index in [2.05, 4.69) is 0 Å². The van der Waals surface area contributed by atoms with Crippen LogP contribution in [0.4, 0.5) is 0 Å². The minimum atomic E-state index is -1.29. The Labute approximate surface area is 94.8 Å². The van der Waals surface area contributed by atoms with E-state index < -0.39 is 36.3 Å². The van der Waals surface area contributed by atoms with Crippen LogP contribution in [0.15, 0.2) is 12.2 Å². The smallest absolute Gasteiger partial charge is 0.328 e. The highest BCUT2D eigenvalue weighted by molar-refractivity contribution is 5.89. The minimum absolute atomic E-state index is 0.532. The van der Waals surface area contributed by atoms with Crippen LogP contribution in [0, 0.1) is 0 Å². The number of carboxylic acid groups (broad SMARTS) is 4. The summed E-state index contributed by atoms with van der Waals surface area (Å²) in [6.07, 6.45) is 0.583. The molecule has 17 heavy (non-hydrogen) atoms. The molecule has 0 spiro atoms. The third-order valence-corrected chi connectivity index (χ3v) is 1.08. The molecular weight excluding hydrogens is 238 g/mol. The summed E-state index contributed by atoms with van der Waals surface area (Å²) >= 11 is 0. The van der Waals surface area contributed by atoms with E-state index in [9.17, 15) is 19.2 Å². The van der Waals surface area contributed by atoms with Crippen LogP contribution in [0.25, 0.3) is 0 Å². The number of hydrogen-bond acceptors (Lipinski definition) is 5. The van der Waals surface area contributed by atoms with E-state index in [0.717, 1.165) is 0 Å². The van der Waals surface area contributed by atoms with Gasteiger partial charge in [-0.3, -0.25) is 9.59 Å². The second-order valence-corrected chi connectivity index (χ2v) is 2.55. The molecule has 0 fully saturated rings. The highest BCUT2D eigenvalue weighted by atomic mass is 16.4. The van der Waals surface area contributed by atoms with Gasteiger partial charge in [0.05, 0.1) is 6.42 Å². The predicted octanol–water partition coefficient (Wildman–Crippen LogP) is -1.42. The van der Waals surface area contributed by atoms with Gasteiger partial charge in [0.15, 0.2) is 0 Å². The van der Waals surface area contributed by atoms with Crippen LogP contribution in [0.2, 0.25) is 0 Å². The maximum Gasteiger partial charge on any atom is 0.328 e. The number of hydrogen-bond donors (Lipinski definition) is 5. The zero-order valence-corrected chi connectivity index (χ0v) is 8.44. The van der Waals surface area contributed by atoms with Gasteiger partial charge < -0.3 is 26.2 Å². The van der Waals surface area contributed by atoms with Crippen LogP contribution in [0.5, 0.6) is 0 Å². The molecule has 6 N–H and O–H groups in total. The highest BCUT2D eigenvalue weighted by Crippen LogP contribution is 1.86. The first-order valence-corrected chi connectivity index (χ1v) is 4.01. The third-order valence-electron chi connectivity index (χ3n) is 1.08. The maximum atomic E-state index is 9.85. The molecule has 0 amide bonds. The van der Waals surface area contributed by atoms with E-state index in [1.807, 2.05) is 0 Å². The van der Waals surface area contributed by atoms with Gasteiger partial charge >= 0.3 is 23.9 Å². The predicted molar refractivity (Wildman–Crippen MR) is 52.3 cm³/mol. The van der Waals surface area contributed by atoms with Gasteiger partial charge in [-0.25, -0.2) is 9.59 Å². The van der Waals surface area contributed by atoms with Crippen LogP contribution in [0.3, 0.4) is 0 Å². The zero-order valence-electron chi connectivity index (χ0n) is 8.44. The lowest BCUT2D eigenvalue weighted by Crippen LogP contribution is -2.32. The van der Waals surface area contributed by atoms with Crippen molar-refractivity contribution in [1.29, 1.82) is 0 Å². The molecule has 0 radical (unpaired) electrons. The largest absolute Gasteiger partial charge is 0.481 e. The van der Waals surface area contributed by atoms with Crippen LogP contribution < -0.4 is 5.73 Å². The molecule has 0 heterocycles.